The zero-order valence-electron chi connectivity index (χ0n) is 15.4. The fourth-order valence-corrected chi connectivity index (χ4v) is 3.06. The molecular weight excluding hydrogens is 338 g/mol. The van der Waals surface area contributed by atoms with Gasteiger partial charge in [0.25, 0.3) is 0 Å². The molecule has 0 heterocycles. The summed E-state index contributed by atoms with van der Waals surface area (Å²) < 4.78 is 5.54. The van der Waals surface area contributed by atoms with Crippen LogP contribution in [0.5, 0.6) is 5.75 Å². The van der Waals surface area contributed by atoms with E-state index in [0.717, 1.165) is 0 Å². The number of carbonyl (C=O) groups is 1. The molecule has 27 heavy (non-hydrogen) atoms. The molecule has 3 rings (SSSR count). The zero-order valence-corrected chi connectivity index (χ0v) is 15.4. The maximum atomic E-state index is 12.2. The maximum absolute atomic E-state index is 12.2. The van der Waals surface area contributed by atoms with E-state index in [0.29, 0.717) is 22.4 Å². The molecule has 3 aromatic rings. The van der Waals surface area contributed by atoms with E-state index in [1.165, 1.54) is 0 Å². The summed E-state index contributed by atoms with van der Waals surface area (Å²) in [6.45, 7) is 3.72. The molecule has 0 aliphatic heterocycles. The Morgan fingerprint density at radius 1 is 0.852 bits per heavy atom. The van der Waals surface area contributed by atoms with Crippen LogP contribution in [0.1, 0.15) is 30.5 Å². The van der Waals surface area contributed by atoms with Crippen LogP contribution in [0.2, 0.25) is 0 Å². The molecule has 4 nitrogen and oxygen atoms in total. The van der Waals surface area contributed by atoms with Crippen LogP contribution in [0.3, 0.4) is 0 Å². The number of hydrogen-bond donors (Lipinski definition) is 2. The number of benzene rings is 3. The highest BCUT2D eigenvalue weighted by atomic mass is 16.6. The monoisotopic (exact) mass is 361 g/mol. The summed E-state index contributed by atoms with van der Waals surface area (Å²) >= 11 is 0. The number of aliphatic hydroxyl groups is 1. The van der Waals surface area contributed by atoms with Crippen molar-refractivity contribution in [3.8, 4) is 5.75 Å². The number of para-hydroxylation sites is 1. The largest absolute Gasteiger partial charge is 0.412 e. The van der Waals surface area contributed by atoms with Crippen molar-refractivity contribution in [2.75, 3.05) is 0 Å². The minimum atomic E-state index is -1.46. The van der Waals surface area contributed by atoms with Crippen molar-refractivity contribution in [1.82, 2.24) is 5.32 Å². The first-order valence-electron chi connectivity index (χ1n) is 8.93. The molecule has 0 fully saturated rings. The molecule has 0 saturated carbocycles. The first-order valence-corrected chi connectivity index (χ1v) is 8.93. The third-order valence-electron chi connectivity index (χ3n) is 4.27. The van der Waals surface area contributed by atoms with Gasteiger partial charge in [0.1, 0.15) is 11.4 Å². The Balaban J connectivity index is 2.13. The van der Waals surface area contributed by atoms with Gasteiger partial charge in [0.2, 0.25) is 0 Å². The SMILES string of the molecule is CC(C)NC(=O)Oc1ccccc1C(O)(c1ccccc1)c1ccccc1. The Morgan fingerprint density at radius 3 is 1.85 bits per heavy atom. The lowest BCUT2D eigenvalue weighted by molar-refractivity contribution is 0.121. The van der Waals surface area contributed by atoms with E-state index in [2.05, 4.69) is 5.32 Å². The van der Waals surface area contributed by atoms with Gasteiger partial charge in [-0.3, -0.25) is 0 Å². The van der Waals surface area contributed by atoms with E-state index in [9.17, 15) is 9.90 Å². The predicted molar refractivity (Wildman–Crippen MR) is 106 cm³/mol. The van der Waals surface area contributed by atoms with Gasteiger partial charge in [-0.15, -0.1) is 0 Å². The predicted octanol–water partition coefficient (Wildman–Crippen LogP) is 4.47. The summed E-state index contributed by atoms with van der Waals surface area (Å²) in [6.07, 6.45) is -0.555. The van der Waals surface area contributed by atoms with Gasteiger partial charge in [-0.2, -0.15) is 0 Å². The van der Waals surface area contributed by atoms with Gasteiger partial charge in [-0.05, 0) is 31.0 Å². The van der Waals surface area contributed by atoms with E-state index in [1.807, 2.05) is 80.6 Å². The van der Waals surface area contributed by atoms with E-state index >= 15 is 0 Å². The van der Waals surface area contributed by atoms with Crippen molar-refractivity contribution in [3.63, 3.8) is 0 Å². The Kier molecular flexibility index (Phi) is 5.57. The van der Waals surface area contributed by atoms with Gasteiger partial charge >= 0.3 is 6.09 Å². The van der Waals surface area contributed by atoms with Crippen molar-refractivity contribution in [2.24, 2.45) is 0 Å². The van der Waals surface area contributed by atoms with Crippen LogP contribution < -0.4 is 10.1 Å². The Labute approximate surface area is 159 Å². The number of hydrogen-bond acceptors (Lipinski definition) is 3. The molecule has 3 aromatic carbocycles. The molecule has 138 valence electrons. The summed E-state index contributed by atoms with van der Waals surface area (Å²) in [4.78, 5) is 12.2. The van der Waals surface area contributed by atoms with Crippen LogP contribution in [-0.4, -0.2) is 17.2 Å². The Morgan fingerprint density at radius 2 is 1.33 bits per heavy atom. The average Bonchev–Trinajstić information content (AvgIpc) is 2.68. The number of ether oxygens (including phenoxy) is 1. The summed E-state index contributed by atoms with van der Waals surface area (Å²) in [5.74, 6) is 0.311. The average molecular weight is 361 g/mol. The number of carbonyl (C=O) groups excluding carboxylic acids is 1. The molecule has 0 atom stereocenters. The molecule has 1 amide bonds. The lowest BCUT2D eigenvalue weighted by atomic mass is 9.80. The van der Waals surface area contributed by atoms with Crippen LogP contribution in [0.4, 0.5) is 4.79 Å². The Bertz CT molecular complexity index is 852. The molecule has 0 spiro atoms. The van der Waals surface area contributed by atoms with Crippen LogP contribution in [0.15, 0.2) is 84.9 Å². The van der Waals surface area contributed by atoms with Crippen molar-refractivity contribution < 1.29 is 14.6 Å². The highest BCUT2D eigenvalue weighted by Crippen LogP contribution is 2.40. The molecule has 0 aliphatic carbocycles. The quantitative estimate of drug-likeness (QED) is 0.659. The van der Waals surface area contributed by atoms with Crippen LogP contribution >= 0.6 is 0 Å². The lowest BCUT2D eigenvalue weighted by Crippen LogP contribution is -2.34. The smallest absolute Gasteiger partial charge is 0.410 e. The van der Waals surface area contributed by atoms with Crippen LogP contribution in [-0.2, 0) is 5.60 Å². The highest BCUT2D eigenvalue weighted by molar-refractivity contribution is 5.71. The van der Waals surface area contributed by atoms with Gasteiger partial charge in [0.05, 0.1) is 0 Å². The zero-order chi connectivity index (χ0) is 19.3. The number of rotatable bonds is 5. The second-order valence-electron chi connectivity index (χ2n) is 6.63. The van der Waals surface area contributed by atoms with E-state index in [1.54, 1.807) is 18.2 Å². The normalized spacial score (nSPS) is 11.3. The van der Waals surface area contributed by atoms with Gasteiger partial charge < -0.3 is 15.2 Å². The minimum absolute atomic E-state index is 0.0493. The third kappa shape index (κ3) is 4.01. The standard InChI is InChI=1S/C23H23NO3/c1-17(2)24-22(25)27-21-16-10-9-15-20(21)23(26,18-11-5-3-6-12-18)19-13-7-4-8-14-19/h3-17,26H,1-2H3,(H,24,25). The van der Waals surface area contributed by atoms with E-state index in [4.69, 9.17) is 4.74 Å². The van der Waals surface area contributed by atoms with Gasteiger partial charge in [-0.25, -0.2) is 4.79 Å². The first-order chi connectivity index (χ1) is 13.0. The van der Waals surface area contributed by atoms with Gasteiger partial charge in [0, 0.05) is 11.6 Å². The third-order valence-corrected chi connectivity index (χ3v) is 4.27. The molecule has 0 saturated heterocycles. The minimum Gasteiger partial charge on any atom is -0.410 e. The van der Waals surface area contributed by atoms with E-state index in [-0.39, 0.29) is 6.04 Å². The molecule has 2 N–H and O–H groups in total. The molecule has 4 heteroatoms. The van der Waals surface area contributed by atoms with Crippen molar-refractivity contribution in [3.05, 3.63) is 102 Å². The lowest BCUT2D eigenvalue weighted by Gasteiger charge is -2.31. The second-order valence-corrected chi connectivity index (χ2v) is 6.63. The molecule has 0 aliphatic rings. The number of nitrogens with one attached hydrogen (secondary N) is 1. The van der Waals surface area contributed by atoms with Crippen molar-refractivity contribution >= 4 is 6.09 Å². The highest BCUT2D eigenvalue weighted by Gasteiger charge is 2.36. The Hall–Kier alpha value is -3.11. The fourth-order valence-electron chi connectivity index (χ4n) is 3.06. The summed E-state index contributed by atoms with van der Waals surface area (Å²) in [5.41, 5.74) is 0.423. The fraction of sp³-hybridized carbons (Fsp3) is 0.174. The molecule has 0 unspecified atom stereocenters. The van der Waals surface area contributed by atoms with Crippen molar-refractivity contribution in [1.29, 1.82) is 0 Å². The molecular formula is C23H23NO3. The molecule has 0 bridgehead atoms. The summed E-state index contributed by atoms with van der Waals surface area (Å²) in [7, 11) is 0. The van der Waals surface area contributed by atoms with Crippen LogP contribution in [0, 0.1) is 0 Å². The maximum Gasteiger partial charge on any atom is 0.412 e. The van der Waals surface area contributed by atoms with Crippen LogP contribution in [0.25, 0.3) is 0 Å². The first kappa shape index (κ1) is 18.7. The molecule has 0 aromatic heterocycles. The van der Waals surface area contributed by atoms with Gasteiger partial charge in [-0.1, -0.05) is 78.9 Å². The molecule has 0 radical (unpaired) electrons. The second kappa shape index (κ2) is 8.06. The summed E-state index contributed by atoms with van der Waals surface area (Å²) in [5, 5.41) is 14.6. The van der Waals surface area contributed by atoms with E-state index < -0.39 is 11.7 Å². The topological polar surface area (TPSA) is 58.6 Å². The number of amides is 1. The van der Waals surface area contributed by atoms with Crippen molar-refractivity contribution in [2.45, 2.75) is 25.5 Å². The van der Waals surface area contributed by atoms with Gasteiger partial charge in [0.15, 0.2) is 0 Å². The summed E-state index contributed by atoms with van der Waals surface area (Å²) in [6, 6.07) is 25.7.